The lowest BCUT2D eigenvalue weighted by Crippen LogP contribution is -1.98. The summed E-state index contributed by atoms with van der Waals surface area (Å²) in [7, 11) is 1.43. The Morgan fingerprint density at radius 3 is 2.38 bits per heavy atom. The van der Waals surface area contributed by atoms with Crippen molar-refractivity contribution >= 4 is 5.97 Å². The number of rotatable bonds is 14. The third kappa shape index (κ3) is 11.2. The van der Waals surface area contributed by atoms with Crippen LogP contribution < -0.4 is 0 Å². The molecule has 24 heavy (non-hydrogen) atoms. The SMILES string of the molecule is CCCCCC1OC1CC=CCC=CCC=CCCCC(=O)OC. The first kappa shape index (κ1) is 20.7. The summed E-state index contributed by atoms with van der Waals surface area (Å²) in [5.74, 6) is -0.126. The Labute approximate surface area is 147 Å². The van der Waals surface area contributed by atoms with E-state index in [-0.39, 0.29) is 5.97 Å². The van der Waals surface area contributed by atoms with Gasteiger partial charge in [-0.05, 0) is 38.5 Å². The van der Waals surface area contributed by atoms with E-state index in [1.807, 2.05) is 0 Å². The van der Waals surface area contributed by atoms with Crippen LogP contribution in [0.4, 0.5) is 0 Å². The number of methoxy groups -OCH3 is 1. The van der Waals surface area contributed by atoms with Crippen molar-refractivity contribution in [3.05, 3.63) is 36.5 Å². The molecule has 0 aliphatic carbocycles. The van der Waals surface area contributed by atoms with Gasteiger partial charge in [0.2, 0.25) is 0 Å². The van der Waals surface area contributed by atoms with Crippen molar-refractivity contribution < 1.29 is 14.3 Å². The van der Waals surface area contributed by atoms with Crippen molar-refractivity contribution in [1.82, 2.24) is 0 Å². The lowest BCUT2D eigenvalue weighted by molar-refractivity contribution is -0.140. The van der Waals surface area contributed by atoms with Gasteiger partial charge in [0.15, 0.2) is 0 Å². The van der Waals surface area contributed by atoms with Crippen LogP contribution in [0.2, 0.25) is 0 Å². The Bertz CT molecular complexity index is 409. The number of unbranched alkanes of at least 4 members (excludes halogenated alkanes) is 3. The first-order chi connectivity index (χ1) is 11.8. The predicted molar refractivity (Wildman–Crippen MR) is 99.9 cm³/mol. The third-order valence-corrected chi connectivity index (χ3v) is 4.17. The minimum Gasteiger partial charge on any atom is -0.469 e. The topological polar surface area (TPSA) is 38.8 Å². The summed E-state index contributed by atoms with van der Waals surface area (Å²) >= 11 is 0. The maximum Gasteiger partial charge on any atom is 0.305 e. The molecule has 3 nitrogen and oxygen atoms in total. The van der Waals surface area contributed by atoms with Gasteiger partial charge in [0, 0.05) is 6.42 Å². The highest BCUT2D eigenvalue weighted by Crippen LogP contribution is 2.30. The van der Waals surface area contributed by atoms with Gasteiger partial charge >= 0.3 is 5.97 Å². The first-order valence-electron chi connectivity index (χ1n) is 9.45. The molecule has 0 aromatic rings. The summed E-state index contributed by atoms with van der Waals surface area (Å²) in [5.41, 5.74) is 0. The molecule has 0 aromatic heterocycles. The van der Waals surface area contributed by atoms with Crippen LogP contribution in [0.5, 0.6) is 0 Å². The van der Waals surface area contributed by atoms with E-state index < -0.39 is 0 Å². The number of allylic oxidation sites excluding steroid dienone is 5. The van der Waals surface area contributed by atoms with Gasteiger partial charge in [-0.15, -0.1) is 0 Å². The van der Waals surface area contributed by atoms with E-state index >= 15 is 0 Å². The second-order valence-corrected chi connectivity index (χ2v) is 6.30. The van der Waals surface area contributed by atoms with Crippen molar-refractivity contribution in [2.24, 2.45) is 0 Å². The van der Waals surface area contributed by atoms with Gasteiger partial charge in [0.1, 0.15) is 0 Å². The molecule has 2 unspecified atom stereocenters. The van der Waals surface area contributed by atoms with E-state index in [0.717, 1.165) is 32.1 Å². The first-order valence-corrected chi connectivity index (χ1v) is 9.45. The Hall–Kier alpha value is -1.35. The highest BCUT2D eigenvalue weighted by Gasteiger charge is 2.36. The average Bonchev–Trinajstić information content (AvgIpc) is 3.34. The maximum atomic E-state index is 10.9. The van der Waals surface area contributed by atoms with Crippen molar-refractivity contribution in [3.8, 4) is 0 Å². The molecular formula is C21H34O3. The van der Waals surface area contributed by atoms with E-state index in [1.54, 1.807) is 0 Å². The normalized spacial score (nSPS) is 20.4. The Morgan fingerprint density at radius 2 is 1.67 bits per heavy atom. The minimum atomic E-state index is -0.126. The summed E-state index contributed by atoms with van der Waals surface area (Å²) in [6, 6.07) is 0. The molecule has 1 fully saturated rings. The number of esters is 1. The molecule has 0 amide bonds. The molecule has 2 atom stereocenters. The molecule has 1 rings (SSSR count). The molecular weight excluding hydrogens is 300 g/mol. The Balaban J connectivity index is 1.90. The summed E-state index contributed by atoms with van der Waals surface area (Å²) < 4.78 is 10.3. The van der Waals surface area contributed by atoms with Crippen LogP contribution in [-0.4, -0.2) is 25.3 Å². The zero-order valence-electron chi connectivity index (χ0n) is 15.4. The van der Waals surface area contributed by atoms with E-state index in [4.69, 9.17) is 4.74 Å². The Kier molecular flexibility index (Phi) is 12.1. The summed E-state index contributed by atoms with van der Waals surface area (Å²) in [6.07, 6.45) is 24.6. The smallest absolute Gasteiger partial charge is 0.305 e. The van der Waals surface area contributed by atoms with Gasteiger partial charge in [-0.1, -0.05) is 62.6 Å². The lowest BCUT2D eigenvalue weighted by Gasteiger charge is -1.95. The molecule has 136 valence electrons. The number of hydrogen-bond acceptors (Lipinski definition) is 3. The van der Waals surface area contributed by atoms with Crippen molar-refractivity contribution in [1.29, 1.82) is 0 Å². The van der Waals surface area contributed by atoms with Crippen LogP contribution in [-0.2, 0) is 14.3 Å². The van der Waals surface area contributed by atoms with E-state index in [1.165, 1.54) is 32.8 Å². The summed E-state index contributed by atoms with van der Waals surface area (Å²) in [4.78, 5) is 10.9. The number of carbonyl (C=O) groups is 1. The van der Waals surface area contributed by atoms with Gasteiger partial charge in [-0.25, -0.2) is 0 Å². The number of carbonyl (C=O) groups excluding carboxylic acids is 1. The zero-order chi connectivity index (χ0) is 17.5. The van der Waals surface area contributed by atoms with Gasteiger partial charge in [0.05, 0.1) is 19.3 Å². The molecule has 1 saturated heterocycles. The van der Waals surface area contributed by atoms with Gasteiger partial charge in [-0.2, -0.15) is 0 Å². The van der Waals surface area contributed by atoms with Gasteiger partial charge in [0.25, 0.3) is 0 Å². The van der Waals surface area contributed by atoms with E-state index in [0.29, 0.717) is 18.6 Å². The monoisotopic (exact) mass is 334 g/mol. The summed E-state index contributed by atoms with van der Waals surface area (Å²) in [6.45, 7) is 2.24. The van der Waals surface area contributed by atoms with Crippen LogP contribution in [0, 0.1) is 0 Å². The number of hydrogen-bond donors (Lipinski definition) is 0. The summed E-state index contributed by atoms with van der Waals surface area (Å²) in [5, 5.41) is 0. The van der Waals surface area contributed by atoms with Crippen LogP contribution in [0.1, 0.15) is 71.1 Å². The van der Waals surface area contributed by atoms with Crippen LogP contribution in [0.15, 0.2) is 36.5 Å². The van der Waals surface area contributed by atoms with Crippen molar-refractivity contribution in [2.45, 2.75) is 83.3 Å². The van der Waals surface area contributed by atoms with Gasteiger partial charge < -0.3 is 9.47 Å². The second-order valence-electron chi connectivity index (χ2n) is 6.30. The fraction of sp³-hybridized carbons (Fsp3) is 0.667. The fourth-order valence-corrected chi connectivity index (χ4v) is 2.59. The van der Waals surface area contributed by atoms with Crippen LogP contribution >= 0.6 is 0 Å². The molecule has 0 radical (unpaired) electrons. The predicted octanol–water partition coefficient (Wildman–Crippen LogP) is 5.52. The third-order valence-electron chi connectivity index (χ3n) is 4.17. The largest absolute Gasteiger partial charge is 0.469 e. The van der Waals surface area contributed by atoms with Crippen molar-refractivity contribution in [3.63, 3.8) is 0 Å². The lowest BCUT2D eigenvalue weighted by atomic mass is 10.1. The zero-order valence-corrected chi connectivity index (χ0v) is 15.4. The van der Waals surface area contributed by atoms with E-state index in [9.17, 15) is 4.79 Å². The minimum absolute atomic E-state index is 0.126. The number of ether oxygens (including phenoxy) is 2. The van der Waals surface area contributed by atoms with Crippen molar-refractivity contribution in [2.75, 3.05) is 7.11 Å². The molecule has 0 N–H and O–H groups in total. The molecule has 0 saturated carbocycles. The highest BCUT2D eigenvalue weighted by molar-refractivity contribution is 5.69. The average molecular weight is 335 g/mol. The van der Waals surface area contributed by atoms with Gasteiger partial charge in [-0.3, -0.25) is 4.79 Å². The van der Waals surface area contributed by atoms with E-state index in [2.05, 4.69) is 48.1 Å². The molecule has 0 aromatic carbocycles. The maximum absolute atomic E-state index is 10.9. The number of epoxide rings is 1. The quantitative estimate of drug-likeness (QED) is 0.182. The molecule has 1 heterocycles. The van der Waals surface area contributed by atoms with Crippen LogP contribution in [0.25, 0.3) is 0 Å². The molecule has 3 heteroatoms. The molecule has 0 bridgehead atoms. The highest BCUT2D eigenvalue weighted by atomic mass is 16.6. The molecule has 0 spiro atoms. The molecule has 1 aliphatic heterocycles. The fourth-order valence-electron chi connectivity index (χ4n) is 2.59. The van der Waals surface area contributed by atoms with Crippen LogP contribution in [0.3, 0.4) is 0 Å². The molecule has 1 aliphatic rings. The second kappa shape index (κ2) is 14.0. The Morgan fingerprint density at radius 1 is 0.958 bits per heavy atom. The standard InChI is InChI=1S/C21H34O3/c1-3-4-13-16-19-20(24-19)17-14-11-9-7-5-6-8-10-12-15-18-21(22)23-2/h5,7-8,10-11,14,19-20H,3-4,6,9,12-13,15-18H2,1-2H3.